The minimum Gasteiger partial charge on any atom is -0.337 e. The van der Waals surface area contributed by atoms with Gasteiger partial charge in [-0.05, 0) is 25.7 Å². The Morgan fingerprint density at radius 3 is 2.26 bits per heavy atom. The second kappa shape index (κ2) is 6.93. The highest BCUT2D eigenvalue weighted by atomic mass is 16.2. The van der Waals surface area contributed by atoms with E-state index < -0.39 is 5.54 Å². The van der Waals surface area contributed by atoms with Crippen LogP contribution in [0.4, 0.5) is 0 Å². The highest BCUT2D eigenvalue weighted by Crippen LogP contribution is 2.38. The van der Waals surface area contributed by atoms with Crippen molar-refractivity contribution in [3.05, 3.63) is 0 Å². The molecule has 0 radical (unpaired) electrons. The molecule has 3 heteroatoms. The summed E-state index contributed by atoms with van der Waals surface area (Å²) in [6.45, 7) is 6.40. The van der Waals surface area contributed by atoms with Crippen molar-refractivity contribution in [1.82, 2.24) is 5.32 Å². The van der Waals surface area contributed by atoms with Crippen molar-refractivity contribution in [3.63, 3.8) is 0 Å². The van der Waals surface area contributed by atoms with E-state index >= 15 is 0 Å². The van der Waals surface area contributed by atoms with E-state index in [1.165, 1.54) is 12.8 Å². The lowest BCUT2D eigenvalue weighted by molar-refractivity contribution is -0.131. The molecule has 1 saturated carbocycles. The fourth-order valence-corrected chi connectivity index (χ4v) is 2.44. The molecule has 1 unspecified atom stereocenters. The lowest BCUT2D eigenvalue weighted by Gasteiger charge is -2.29. The van der Waals surface area contributed by atoms with E-state index in [1.54, 1.807) is 0 Å². The van der Waals surface area contributed by atoms with E-state index in [1.807, 2.05) is 0 Å². The van der Waals surface area contributed by atoms with Gasteiger partial charge in [-0.1, -0.05) is 52.9 Å². The van der Waals surface area contributed by atoms with Crippen molar-refractivity contribution in [2.75, 3.05) is 0 Å². The predicted molar refractivity (Wildman–Crippen MR) is 77.5 cm³/mol. The van der Waals surface area contributed by atoms with E-state index in [-0.39, 0.29) is 11.3 Å². The first-order chi connectivity index (χ1) is 9.02. The zero-order chi connectivity index (χ0) is 14.4. The number of carbonyl (C=O) groups excluding carboxylic acids is 1. The maximum Gasteiger partial charge on any atom is 0.227 e. The molecule has 0 aromatic heterocycles. The Balaban J connectivity index is 2.60. The van der Waals surface area contributed by atoms with Gasteiger partial charge in [0, 0.05) is 5.41 Å². The molecule has 0 aromatic rings. The predicted octanol–water partition coefficient (Wildman–Crippen LogP) is 3.94. The molecule has 0 aromatic carbocycles. The fraction of sp³-hybridized carbons (Fsp3) is 0.875. The summed E-state index contributed by atoms with van der Waals surface area (Å²) in [6.07, 6.45) is 9.14. The van der Waals surface area contributed by atoms with Crippen LogP contribution in [0.25, 0.3) is 0 Å². The molecule has 1 atom stereocenters. The van der Waals surface area contributed by atoms with Crippen molar-refractivity contribution in [3.8, 4) is 6.07 Å². The summed E-state index contributed by atoms with van der Waals surface area (Å²) in [5.74, 6) is 0.0936. The highest BCUT2D eigenvalue weighted by molar-refractivity contribution is 5.83. The normalized spacial score (nSPS) is 19.3. The Labute approximate surface area is 117 Å². The van der Waals surface area contributed by atoms with Gasteiger partial charge in [-0.15, -0.1) is 0 Å². The SMILES string of the molecule is CCCCCC(C)(CCCC)C(=O)NC1(C#N)CC1. The first-order valence-corrected chi connectivity index (χ1v) is 7.76. The van der Waals surface area contributed by atoms with E-state index in [4.69, 9.17) is 5.26 Å². The van der Waals surface area contributed by atoms with Crippen molar-refractivity contribution in [2.24, 2.45) is 5.41 Å². The molecule has 1 amide bonds. The van der Waals surface area contributed by atoms with Gasteiger partial charge in [-0.2, -0.15) is 5.26 Å². The van der Waals surface area contributed by atoms with Gasteiger partial charge in [0.15, 0.2) is 0 Å². The van der Waals surface area contributed by atoms with Crippen LogP contribution in [0.15, 0.2) is 0 Å². The van der Waals surface area contributed by atoms with Crippen LogP contribution in [-0.2, 0) is 4.79 Å². The summed E-state index contributed by atoms with van der Waals surface area (Å²) in [6, 6.07) is 2.25. The second-order valence-corrected chi connectivity index (χ2v) is 6.27. The lowest BCUT2D eigenvalue weighted by Crippen LogP contribution is -2.45. The molecule has 0 saturated heterocycles. The lowest BCUT2D eigenvalue weighted by atomic mass is 9.79. The van der Waals surface area contributed by atoms with Gasteiger partial charge in [0.25, 0.3) is 0 Å². The van der Waals surface area contributed by atoms with Crippen LogP contribution in [-0.4, -0.2) is 11.4 Å². The quantitative estimate of drug-likeness (QED) is 0.641. The van der Waals surface area contributed by atoms with Gasteiger partial charge in [-0.25, -0.2) is 0 Å². The standard InChI is InChI=1S/C16H28N2O/c1-4-6-8-10-15(3,9-7-5-2)14(19)18-16(13-17)11-12-16/h4-12H2,1-3H3,(H,18,19). The van der Waals surface area contributed by atoms with Gasteiger partial charge < -0.3 is 5.32 Å². The molecule has 0 aliphatic heterocycles. The number of nitrogens with one attached hydrogen (secondary N) is 1. The Bertz CT molecular complexity index is 341. The third-order valence-electron chi connectivity index (χ3n) is 4.28. The number of rotatable bonds is 9. The number of nitriles is 1. The number of nitrogens with zero attached hydrogens (tertiary/aromatic N) is 1. The smallest absolute Gasteiger partial charge is 0.227 e. The van der Waals surface area contributed by atoms with E-state index in [0.717, 1.165) is 44.9 Å². The average Bonchev–Trinajstić information content (AvgIpc) is 3.17. The molecule has 0 bridgehead atoms. The molecular weight excluding hydrogens is 236 g/mol. The molecule has 1 aliphatic carbocycles. The van der Waals surface area contributed by atoms with Crippen LogP contribution in [0.1, 0.15) is 78.6 Å². The van der Waals surface area contributed by atoms with Crippen molar-refractivity contribution >= 4 is 5.91 Å². The van der Waals surface area contributed by atoms with Crippen LogP contribution < -0.4 is 5.32 Å². The number of amides is 1. The van der Waals surface area contributed by atoms with Gasteiger partial charge in [0.1, 0.15) is 5.54 Å². The Hall–Kier alpha value is -1.04. The summed E-state index contributed by atoms with van der Waals surface area (Å²) < 4.78 is 0. The van der Waals surface area contributed by atoms with Gasteiger partial charge in [-0.3, -0.25) is 4.79 Å². The largest absolute Gasteiger partial charge is 0.337 e. The molecule has 1 N–H and O–H groups in total. The van der Waals surface area contributed by atoms with Crippen molar-refractivity contribution in [1.29, 1.82) is 5.26 Å². The summed E-state index contributed by atoms with van der Waals surface area (Å²) in [5.41, 5.74) is -0.826. The first-order valence-electron chi connectivity index (χ1n) is 7.76. The number of unbranched alkanes of at least 4 members (excludes halogenated alkanes) is 3. The zero-order valence-corrected chi connectivity index (χ0v) is 12.7. The fourth-order valence-electron chi connectivity index (χ4n) is 2.44. The van der Waals surface area contributed by atoms with Crippen LogP contribution in [0.5, 0.6) is 0 Å². The van der Waals surface area contributed by atoms with Gasteiger partial charge >= 0.3 is 0 Å². The van der Waals surface area contributed by atoms with E-state index in [2.05, 4.69) is 32.2 Å². The molecule has 19 heavy (non-hydrogen) atoms. The van der Waals surface area contributed by atoms with Gasteiger partial charge in [0.2, 0.25) is 5.91 Å². The summed E-state index contributed by atoms with van der Waals surface area (Å²) in [7, 11) is 0. The minimum atomic E-state index is -0.532. The molecule has 3 nitrogen and oxygen atoms in total. The molecule has 0 spiro atoms. The van der Waals surface area contributed by atoms with Crippen LogP contribution in [0.3, 0.4) is 0 Å². The first kappa shape index (κ1) is 16.0. The highest BCUT2D eigenvalue weighted by Gasteiger charge is 2.47. The summed E-state index contributed by atoms with van der Waals surface area (Å²) in [4.78, 5) is 12.5. The zero-order valence-electron chi connectivity index (χ0n) is 12.7. The molecule has 0 heterocycles. The minimum absolute atomic E-state index is 0.0936. The van der Waals surface area contributed by atoms with Crippen molar-refractivity contribution < 1.29 is 4.79 Å². The molecule has 1 fully saturated rings. The Morgan fingerprint density at radius 2 is 1.79 bits per heavy atom. The van der Waals surface area contributed by atoms with E-state index in [0.29, 0.717) is 0 Å². The summed E-state index contributed by atoms with van der Waals surface area (Å²) in [5, 5.41) is 12.1. The number of carbonyl (C=O) groups is 1. The van der Waals surface area contributed by atoms with Crippen molar-refractivity contribution in [2.45, 2.75) is 84.1 Å². The Kier molecular flexibility index (Phi) is 5.85. The number of hydrogen-bond donors (Lipinski definition) is 1. The summed E-state index contributed by atoms with van der Waals surface area (Å²) >= 11 is 0. The van der Waals surface area contributed by atoms with Crippen LogP contribution >= 0.6 is 0 Å². The maximum atomic E-state index is 12.5. The topological polar surface area (TPSA) is 52.9 Å². The monoisotopic (exact) mass is 264 g/mol. The van der Waals surface area contributed by atoms with Crippen LogP contribution in [0, 0.1) is 16.7 Å². The maximum absolute atomic E-state index is 12.5. The molecule has 1 rings (SSSR count). The third kappa shape index (κ3) is 4.53. The molecular formula is C16H28N2O. The Morgan fingerprint density at radius 1 is 1.21 bits per heavy atom. The van der Waals surface area contributed by atoms with E-state index in [9.17, 15) is 4.79 Å². The molecule has 1 aliphatic rings. The van der Waals surface area contributed by atoms with Gasteiger partial charge in [0.05, 0.1) is 6.07 Å². The number of hydrogen-bond acceptors (Lipinski definition) is 2. The van der Waals surface area contributed by atoms with Crippen LogP contribution in [0.2, 0.25) is 0 Å². The average molecular weight is 264 g/mol. The third-order valence-corrected chi connectivity index (χ3v) is 4.28. The molecule has 108 valence electrons. The second-order valence-electron chi connectivity index (χ2n) is 6.27.